The van der Waals surface area contributed by atoms with E-state index in [1.807, 2.05) is 0 Å². The average molecular weight is 237 g/mol. The predicted molar refractivity (Wildman–Crippen MR) is 53.4 cm³/mol. The SMILES string of the molecule is CCOC(O)c1nc(Cl)nc(Cl)c1C. The lowest BCUT2D eigenvalue weighted by Crippen LogP contribution is -2.08. The van der Waals surface area contributed by atoms with Crippen molar-refractivity contribution in [2.75, 3.05) is 6.61 Å². The molecule has 0 saturated heterocycles. The van der Waals surface area contributed by atoms with Gasteiger partial charge < -0.3 is 9.84 Å². The Kier molecular flexibility index (Phi) is 4.07. The van der Waals surface area contributed by atoms with Gasteiger partial charge in [0.15, 0.2) is 6.29 Å². The molecule has 1 unspecified atom stereocenters. The van der Waals surface area contributed by atoms with Gasteiger partial charge in [-0.25, -0.2) is 9.97 Å². The molecule has 0 aliphatic heterocycles. The van der Waals surface area contributed by atoms with Gasteiger partial charge in [-0.3, -0.25) is 0 Å². The molecule has 0 bridgehead atoms. The maximum atomic E-state index is 9.52. The first-order valence-electron chi connectivity index (χ1n) is 4.05. The molecule has 0 aliphatic rings. The average Bonchev–Trinajstić information content (AvgIpc) is 2.11. The minimum atomic E-state index is -1.11. The minimum absolute atomic E-state index is 0.00523. The highest BCUT2D eigenvalue weighted by molar-refractivity contribution is 6.32. The lowest BCUT2D eigenvalue weighted by Gasteiger charge is -2.12. The molecule has 1 aromatic heterocycles. The summed E-state index contributed by atoms with van der Waals surface area (Å²) in [5.41, 5.74) is 0.869. The normalized spacial score (nSPS) is 12.9. The van der Waals surface area contributed by atoms with Crippen molar-refractivity contribution in [2.45, 2.75) is 20.1 Å². The second-order valence-electron chi connectivity index (χ2n) is 2.60. The van der Waals surface area contributed by atoms with Crippen LogP contribution >= 0.6 is 23.2 Å². The van der Waals surface area contributed by atoms with Gasteiger partial charge in [0.1, 0.15) is 10.8 Å². The Hall–Kier alpha value is -0.420. The third kappa shape index (κ3) is 2.54. The summed E-state index contributed by atoms with van der Waals surface area (Å²) in [6.45, 7) is 3.83. The lowest BCUT2D eigenvalue weighted by molar-refractivity contribution is -0.101. The zero-order chi connectivity index (χ0) is 10.7. The number of rotatable bonds is 3. The molecule has 78 valence electrons. The van der Waals surface area contributed by atoms with E-state index in [0.29, 0.717) is 17.9 Å². The van der Waals surface area contributed by atoms with Crippen LogP contribution in [0.2, 0.25) is 10.4 Å². The maximum Gasteiger partial charge on any atom is 0.224 e. The lowest BCUT2D eigenvalue weighted by atomic mass is 10.2. The highest BCUT2D eigenvalue weighted by atomic mass is 35.5. The number of nitrogens with zero attached hydrogens (tertiary/aromatic N) is 2. The Morgan fingerprint density at radius 2 is 2.07 bits per heavy atom. The van der Waals surface area contributed by atoms with Gasteiger partial charge in [-0.15, -0.1) is 0 Å². The van der Waals surface area contributed by atoms with E-state index in [0.717, 1.165) is 0 Å². The van der Waals surface area contributed by atoms with Crippen molar-refractivity contribution < 1.29 is 9.84 Å². The zero-order valence-electron chi connectivity index (χ0n) is 7.79. The fourth-order valence-electron chi connectivity index (χ4n) is 0.956. The number of aromatic nitrogens is 2. The van der Waals surface area contributed by atoms with E-state index >= 15 is 0 Å². The quantitative estimate of drug-likeness (QED) is 0.497. The predicted octanol–water partition coefficient (Wildman–Crippen LogP) is 2.12. The van der Waals surface area contributed by atoms with Crippen LogP contribution in [0.5, 0.6) is 0 Å². The van der Waals surface area contributed by atoms with Crippen molar-refractivity contribution in [1.29, 1.82) is 0 Å². The van der Waals surface area contributed by atoms with Crippen LogP contribution in [-0.2, 0) is 4.74 Å². The summed E-state index contributed by atoms with van der Waals surface area (Å²) < 4.78 is 4.97. The topological polar surface area (TPSA) is 55.2 Å². The van der Waals surface area contributed by atoms with Crippen LogP contribution in [0.3, 0.4) is 0 Å². The number of aliphatic hydroxyl groups is 1. The first-order valence-corrected chi connectivity index (χ1v) is 4.81. The Labute approximate surface area is 91.8 Å². The standard InChI is InChI=1S/C8H10Cl2N2O2/c1-3-14-7(13)5-4(2)6(9)12-8(10)11-5/h7,13H,3H2,1-2H3. The summed E-state index contributed by atoms with van der Waals surface area (Å²) >= 11 is 11.4. The Morgan fingerprint density at radius 1 is 1.43 bits per heavy atom. The fraction of sp³-hybridized carbons (Fsp3) is 0.500. The van der Waals surface area contributed by atoms with Crippen molar-refractivity contribution in [3.63, 3.8) is 0 Å². The van der Waals surface area contributed by atoms with Crippen molar-refractivity contribution >= 4 is 23.2 Å². The van der Waals surface area contributed by atoms with Crippen LogP contribution in [0, 0.1) is 6.92 Å². The molecule has 6 heteroatoms. The molecule has 14 heavy (non-hydrogen) atoms. The zero-order valence-corrected chi connectivity index (χ0v) is 9.30. The molecule has 0 amide bonds. The van der Waals surface area contributed by atoms with Gasteiger partial charge in [-0.05, 0) is 25.4 Å². The number of hydrogen-bond donors (Lipinski definition) is 1. The van der Waals surface area contributed by atoms with E-state index in [4.69, 9.17) is 27.9 Å². The molecule has 1 rings (SSSR count). The van der Waals surface area contributed by atoms with E-state index in [2.05, 4.69) is 9.97 Å². The second kappa shape index (κ2) is 4.89. The maximum absolute atomic E-state index is 9.52. The Balaban J connectivity index is 3.07. The Bertz CT molecular complexity index is 333. The first-order chi connectivity index (χ1) is 6.56. The molecule has 0 aliphatic carbocycles. The van der Waals surface area contributed by atoms with Crippen molar-refractivity contribution in [3.05, 3.63) is 21.7 Å². The van der Waals surface area contributed by atoms with Gasteiger partial charge in [0, 0.05) is 12.2 Å². The van der Waals surface area contributed by atoms with Gasteiger partial charge in [-0.1, -0.05) is 11.6 Å². The molecule has 0 spiro atoms. The van der Waals surface area contributed by atoms with Crippen LogP contribution in [-0.4, -0.2) is 21.7 Å². The van der Waals surface area contributed by atoms with E-state index in [9.17, 15) is 5.11 Å². The molecule has 4 nitrogen and oxygen atoms in total. The molecule has 1 aromatic rings. The number of hydrogen-bond acceptors (Lipinski definition) is 4. The largest absolute Gasteiger partial charge is 0.363 e. The van der Waals surface area contributed by atoms with E-state index in [-0.39, 0.29) is 10.4 Å². The van der Waals surface area contributed by atoms with Crippen LogP contribution in [0.4, 0.5) is 0 Å². The monoisotopic (exact) mass is 236 g/mol. The smallest absolute Gasteiger partial charge is 0.224 e. The van der Waals surface area contributed by atoms with Crippen LogP contribution < -0.4 is 0 Å². The summed E-state index contributed by atoms with van der Waals surface area (Å²) in [7, 11) is 0. The van der Waals surface area contributed by atoms with Gasteiger partial charge in [0.05, 0.1) is 0 Å². The molecular formula is C8H10Cl2N2O2. The van der Waals surface area contributed by atoms with Gasteiger partial charge in [-0.2, -0.15) is 0 Å². The van der Waals surface area contributed by atoms with Crippen molar-refractivity contribution in [3.8, 4) is 0 Å². The number of ether oxygens (including phenoxy) is 1. The minimum Gasteiger partial charge on any atom is -0.363 e. The molecule has 1 heterocycles. The highest BCUT2D eigenvalue weighted by Crippen LogP contribution is 2.23. The fourth-order valence-corrected chi connectivity index (χ4v) is 1.35. The van der Waals surface area contributed by atoms with E-state index in [1.165, 1.54) is 0 Å². The Morgan fingerprint density at radius 3 is 2.64 bits per heavy atom. The molecule has 1 N–H and O–H groups in total. The van der Waals surface area contributed by atoms with E-state index < -0.39 is 6.29 Å². The van der Waals surface area contributed by atoms with Gasteiger partial charge in [0.25, 0.3) is 0 Å². The van der Waals surface area contributed by atoms with Crippen molar-refractivity contribution in [1.82, 2.24) is 9.97 Å². The molecular weight excluding hydrogens is 227 g/mol. The number of halogens is 2. The molecule has 1 atom stereocenters. The summed E-state index contributed by atoms with van der Waals surface area (Å²) in [6.07, 6.45) is -1.11. The highest BCUT2D eigenvalue weighted by Gasteiger charge is 2.16. The van der Waals surface area contributed by atoms with Crippen LogP contribution in [0.1, 0.15) is 24.5 Å². The third-order valence-electron chi connectivity index (χ3n) is 1.66. The van der Waals surface area contributed by atoms with Crippen LogP contribution in [0.15, 0.2) is 0 Å². The molecule has 0 radical (unpaired) electrons. The summed E-state index contributed by atoms with van der Waals surface area (Å²) in [5.74, 6) is 0. The second-order valence-corrected chi connectivity index (χ2v) is 3.30. The number of aliphatic hydroxyl groups excluding tert-OH is 1. The van der Waals surface area contributed by atoms with Crippen LogP contribution in [0.25, 0.3) is 0 Å². The molecule has 0 saturated carbocycles. The summed E-state index contributed by atoms with van der Waals surface area (Å²) in [4.78, 5) is 7.58. The molecule has 0 aromatic carbocycles. The van der Waals surface area contributed by atoms with Gasteiger partial charge in [0.2, 0.25) is 5.28 Å². The summed E-state index contributed by atoms with van der Waals surface area (Å²) in [5, 5.41) is 9.74. The van der Waals surface area contributed by atoms with Crippen molar-refractivity contribution in [2.24, 2.45) is 0 Å². The van der Waals surface area contributed by atoms with Gasteiger partial charge >= 0.3 is 0 Å². The third-order valence-corrected chi connectivity index (χ3v) is 2.19. The molecule has 0 fully saturated rings. The van der Waals surface area contributed by atoms with E-state index in [1.54, 1.807) is 13.8 Å². The summed E-state index contributed by atoms with van der Waals surface area (Å²) in [6, 6.07) is 0. The first kappa shape index (κ1) is 11.7.